The third-order valence-corrected chi connectivity index (χ3v) is 25.4. The lowest BCUT2D eigenvalue weighted by Gasteiger charge is -2.39. The van der Waals surface area contributed by atoms with Gasteiger partial charge in [-0.25, -0.2) is 58.7 Å². The van der Waals surface area contributed by atoms with Gasteiger partial charge in [0.2, 0.25) is 17.0 Å². The van der Waals surface area contributed by atoms with Crippen molar-refractivity contribution in [2.45, 2.75) is 320 Å². The van der Waals surface area contributed by atoms with Crippen molar-refractivity contribution in [1.82, 2.24) is 69.3 Å². The van der Waals surface area contributed by atoms with Gasteiger partial charge < -0.3 is 89.6 Å². The Bertz CT molecular complexity index is 6170. The number of alkyl halides is 3. The number of hydrogen-bond donors (Lipinski definition) is 7. The molecule has 9 N–H and O–H groups in total. The molecule has 9 aromatic heterocycles. The fourth-order valence-electron chi connectivity index (χ4n) is 18.3. The SMILES string of the molecule is CC(C)(C)OC(=O)N1[C@@H]2CC[C@H]1CC(N)C2.CC(C)(C)OC(=O)N1[C@@H]2CC[C@H]1CC(Nc1nc(Cl)cc3[nH]c(=O)ccc13)C2.CC(C)(C)OC(=O)N1[C@@H]2CC[C@H]1CC(Nc1nc(Cl)cc3nc(OS(=O)(=O)C(F)(F)F)ccc13)C2.COC(=O)c1ccc2c(NC3C[C@H]4CC[C@@H](C3)N4C(=O)OC(C)(C)C)nc(Cl)cc2n1.Cc1cc(N)nn1C(=O)OC(C)(C)C.O=c1ccc2c(Cl)nc(Cl)cc2[nH]1. The number of fused-ring (bicyclic) bond motifs is 12. The molecule has 8 saturated heterocycles. The van der Waals surface area contributed by atoms with Crippen molar-refractivity contribution < 1.29 is 83.0 Å². The van der Waals surface area contributed by atoms with Crippen molar-refractivity contribution in [3.8, 4) is 5.88 Å². The predicted octanol–water partition coefficient (Wildman–Crippen LogP) is 18.8. The number of esters is 1. The fraction of sp³-hybridized carbons (Fsp3) is 0.554. The van der Waals surface area contributed by atoms with E-state index in [0.29, 0.717) is 96.7 Å². The van der Waals surface area contributed by atoms with E-state index in [1.807, 2.05) is 97.8 Å². The average molecular weight is 2030 g/mol. The standard InChI is InChI=1S/C22H27ClN4O4.C21H24ClF3N4O5S.C20H25ClN4O3.C12H22N2O2.C9H15N3O2.C8H4Cl2N2O/c1-22(2,3)31-21(29)27-13-5-6-14(27)10-12(9-13)24-19-15-7-8-16(20(28)30-4)25-17(15)11-18(23)26-19;1-20(2,3)33-19(30)29-12-4-5-13(29)9-11(8-12)26-18-14-6-7-17(27-15(14)10-16(22)28-18)34-35(31,32)21(23,24)25;1-20(2,3)28-19(27)25-12-4-5-13(25)9-11(8-12)22-18-14-6-7-17(26)23-15(14)10-16(21)24-18;1-12(2,3)16-11(15)14-9-4-5-10(14)7-8(13)6-9;1-6-5-7(10)11-12(6)8(13)14-9(2,3)4;9-6-3-5-4(8(10)12-6)1-2-7(13)11-5/h7-8,11-14H,5-6,9-10H2,1-4H3,(H,24,26);6-7,10-13H,4-5,8-9H2,1-3H3,(H,26,28);6-7,10-13H,4-5,8-9H2,1-3H3,(H,22,24)(H,23,26);8-10H,4-7,13H2,1-3H3;5H,1-4H3,(H2,10,11);1-3H,(H,11,13)/t12?,13-,14+;2*11?,12-,13+;8?,9-,10+;;. The molecule has 8 aliphatic heterocycles. The topological polar surface area (TPSA) is 463 Å². The molecule has 0 aromatic carbocycles. The summed E-state index contributed by atoms with van der Waals surface area (Å²) in [6.45, 7) is 29.6. The van der Waals surface area contributed by atoms with E-state index in [1.54, 1.807) is 81.1 Å². The van der Waals surface area contributed by atoms with E-state index in [1.165, 1.54) is 31.4 Å². The van der Waals surface area contributed by atoms with Crippen LogP contribution in [-0.4, -0.2) is 227 Å². The van der Waals surface area contributed by atoms with E-state index < -0.39 is 61.6 Å². The average Bonchev–Trinajstić information content (AvgIpc) is 1.72. The Labute approximate surface area is 815 Å². The van der Waals surface area contributed by atoms with E-state index in [2.05, 4.69) is 65.1 Å². The smallest absolute Gasteiger partial charge is 0.464 e. The Hall–Kier alpha value is -10.8. The van der Waals surface area contributed by atoms with Crippen LogP contribution in [0.15, 0.2) is 88.5 Å². The van der Waals surface area contributed by atoms with Crippen LogP contribution in [0.2, 0.25) is 25.8 Å². The Kier molecular flexibility index (Phi) is 32.3. The van der Waals surface area contributed by atoms with Crippen molar-refractivity contribution >= 4 is 171 Å². The van der Waals surface area contributed by atoms with E-state index in [0.717, 1.165) is 111 Å². The van der Waals surface area contributed by atoms with Gasteiger partial charge >= 0.3 is 52.1 Å². The fourth-order valence-corrected chi connectivity index (χ4v) is 19.7. The van der Waals surface area contributed by atoms with Crippen LogP contribution in [0.4, 0.5) is 60.4 Å². The molecule has 8 bridgehead atoms. The lowest BCUT2D eigenvalue weighted by atomic mass is 9.97. The third kappa shape index (κ3) is 27.7. The highest BCUT2D eigenvalue weighted by Crippen LogP contribution is 2.44. The minimum absolute atomic E-state index is 0.00255. The van der Waals surface area contributed by atoms with Gasteiger partial charge in [0, 0.05) is 136 Å². The van der Waals surface area contributed by atoms with Gasteiger partial charge in [0.25, 0.3) is 0 Å². The molecule has 36 nitrogen and oxygen atoms in total. The number of nitrogen functional groups attached to an aromatic ring is 1. The molecule has 17 rings (SSSR count). The molecular weight excluding hydrogens is 1910 g/mol. The number of carbonyl (C=O) groups excluding carboxylic acids is 6. The number of hydrogen-bond acceptors (Lipinski definition) is 29. The van der Waals surface area contributed by atoms with Gasteiger partial charge in [-0.15, -0.1) is 5.10 Å². The molecule has 0 saturated carbocycles. The minimum Gasteiger partial charge on any atom is -0.464 e. The Morgan fingerprint density at radius 3 is 1.11 bits per heavy atom. The molecule has 0 spiro atoms. The number of aromatic amines is 2. The predicted molar refractivity (Wildman–Crippen MR) is 515 cm³/mol. The number of nitrogens with two attached hydrogens (primary N) is 2. The second-order valence-electron chi connectivity index (χ2n) is 40.0. The van der Waals surface area contributed by atoms with Gasteiger partial charge in [-0.05, 0) is 256 Å². The van der Waals surface area contributed by atoms with E-state index >= 15 is 0 Å². The number of aromatic nitrogens is 10. The Balaban J connectivity index is 0.000000153. The lowest BCUT2D eigenvalue weighted by Crippen LogP contribution is -2.51. The second kappa shape index (κ2) is 42.1. The Morgan fingerprint density at radius 2 is 0.752 bits per heavy atom. The number of pyridine rings is 8. The maximum atomic E-state index is 12.7. The van der Waals surface area contributed by atoms with Gasteiger partial charge in [0.1, 0.15) is 82.7 Å². The summed E-state index contributed by atoms with van der Waals surface area (Å²) < 4.78 is 97.8. The van der Waals surface area contributed by atoms with Crippen LogP contribution < -0.4 is 42.7 Å². The molecule has 137 heavy (non-hydrogen) atoms. The highest BCUT2D eigenvalue weighted by atomic mass is 35.5. The van der Waals surface area contributed by atoms with Crippen molar-refractivity contribution in [2.75, 3.05) is 28.8 Å². The molecular formula is C92H117Cl5F3N19O17S. The lowest BCUT2D eigenvalue weighted by molar-refractivity contribution is -0.0501. The zero-order valence-corrected chi connectivity index (χ0v) is 83.7. The van der Waals surface area contributed by atoms with E-state index in [-0.39, 0.29) is 117 Å². The second-order valence-corrected chi connectivity index (χ2v) is 43.4. The van der Waals surface area contributed by atoms with Crippen molar-refractivity contribution in [1.29, 1.82) is 0 Å². The molecule has 4 amide bonds. The monoisotopic (exact) mass is 2020 g/mol. The zero-order valence-electron chi connectivity index (χ0n) is 79.1. The number of methoxy groups -OCH3 is 1. The maximum Gasteiger partial charge on any atom is 0.534 e. The summed E-state index contributed by atoms with van der Waals surface area (Å²) in [5.74, 6) is 0.700. The number of rotatable bonds is 9. The summed E-state index contributed by atoms with van der Waals surface area (Å²) in [5.41, 5.74) is 5.74. The van der Waals surface area contributed by atoms with Gasteiger partial charge in [-0.2, -0.15) is 26.3 Å². The van der Waals surface area contributed by atoms with Crippen LogP contribution in [-0.2, 0) is 38.5 Å². The van der Waals surface area contributed by atoms with Crippen LogP contribution in [0.5, 0.6) is 5.88 Å². The molecule has 8 aliphatic rings. The molecule has 17 heterocycles. The Morgan fingerprint density at radius 1 is 0.431 bits per heavy atom. The number of amides is 4. The molecule has 744 valence electrons. The first-order valence-electron chi connectivity index (χ1n) is 45.0. The molecule has 0 radical (unpaired) electrons. The molecule has 9 aromatic rings. The molecule has 8 fully saturated rings. The van der Waals surface area contributed by atoms with Gasteiger partial charge in [-0.3, -0.25) is 9.59 Å². The first-order valence-corrected chi connectivity index (χ1v) is 48.3. The van der Waals surface area contributed by atoms with Gasteiger partial charge in [0.15, 0.2) is 0 Å². The molecule has 12 atom stereocenters. The number of H-pyrrole nitrogens is 2. The van der Waals surface area contributed by atoms with Crippen LogP contribution in [0.25, 0.3) is 43.6 Å². The van der Waals surface area contributed by atoms with Crippen LogP contribution in [0.1, 0.15) is 223 Å². The first kappa shape index (κ1) is 105. The molecule has 45 heteroatoms. The summed E-state index contributed by atoms with van der Waals surface area (Å²) in [5, 5.41) is 18.0. The van der Waals surface area contributed by atoms with Crippen LogP contribution in [0, 0.1) is 6.92 Å². The number of halogens is 8. The zero-order chi connectivity index (χ0) is 100. The van der Waals surface area contributed by atoms with Crippen molar-refractivity contribution in [3.63, 3.8) is 0 Å². The largest absolute Gasteiger partial charge is 0.534 e. The normalized spacial score (nSPS) is 22.2. The molecule has 0 aliphatic carbocycles. The summed E-state index contributed by atoms with van der Waals surface area (Å²) >= 11 is 29.9. The maximum absolute atomic E-state index is 12.7. The summed E-state index contributed by atoms with van der Waals surface area (Å²) in [4.78, 5) is 134. The molecule has 4 unspecified atom stereocenters. The number of aryl methyl sites for hydroxylation is 1. The number of anilines is 4. The van der Waals surface area contributed by atoms with Crippen LogP contribution >= 0.6 is 58.0 Å². The first-order chi connectivity index (χ1) is 63.8. The highest BCUT2D eigenvalue weighted by molar-refractivity contribution is 7.88. The quantitative estimate of drug-likeness (QED) is 0.0232. The van der Waals surface area contributed by atoms with Gasteiger partial charge in [-0.1, -0.05) is 58.0 Å². The van der Waals surface area contributed by atoms with Crippen molar-refractivity contribution in [2.24, 2.45) is 5.73 Å². The highest BCUT2D eigenvalue weighted by Gasteiger charge is 2.51. The number of carbonyl (C=O) groups is 6. The van der Waals surface area contributed by atoms with Crippen molar-refractivity contribution in [3.05, 3.63) is 137 Å². The third-order valence-electron chi connectivity index (χ3n) is 23.4. The number of nitrogens with zero attached hydrogens (tertiary/aromatic N) is 12. The van der Waals surface area contributed by atoms with E-state index in [4.69, 9.17) is 97.9 Å². The van der Waals surface area contributed by atoms with Crippen LogP contribution in [0.3, 0.4) is 0 Å². The summed E-state index contributed by atoms with van der Waals surface area (Å²) in [7, 11) is -4.54. The number of nitrogens with one attached hydrogen (secondary N) is 5. The number of ether oxygens (including phenoxy) is 6. The van der Waals surface area contributed by atoms with E-state index in [9.17, 15) is 59.9 Å². The summed E-state index contributed by atoms with van der Waals surface area (Å²) in [6.07, 6.45) is 12.7. The summed E-state index contributed by atoms with van der Waals surface area (Å²) in [6, 6.07) is 21.5. The van der Waals surface area contributed by atoms with Gasteiger partial charge in [0.05, 0.1) is 29.2 Å². The number of piperidine rings is 4. The minimum atomic E-state index is -5.86.